The Kier molecular flexibility index (Phi) is 4.58. The molecule has 2 saturated heterocycles. The van der Waals surface area contributed by atoms with E-state index >= 15 is 0 Å². The summed E-state index contributed by atoms with van der Waals surface area (Å²) in [6.45, 7) is 9.00. The minimum atomic E-state index is 0.123. The van der Waals surface area contributed by atoms with Crippen LogP contribution >= 0.6 is 0 Å². The van der Waals surface area contributed by atoms with Crippen LogP contribution in [0.15, 0.2) is 12.4 Å². The highest BCUT2D eigenvalue weighted by molar-refractivity contribution is 5.94. The Morgan fingerprint density at radius 1 is 1.36 bits per heavy atom. The zero-order chi connectivity index (χ0) is 17.4. The molecule has 1 amide bonds. The van der Waals surface area contributed by atoms with Crippen LogP contribution in [0.4, 0.5) is 0 Å². The molecule has 0 radical (unpaired) electrons. The third kappa shape index (κ3) is 3.47. The number of amides is 1. The SMILES string of the molecule is CCN1C[C@H](COCC2CC2)[C@@]2(CCN(C(=O)c3cnn(C)c3)C2)C1. The first kappa shape index (κ1) is 17.0. The number of likely N-dealkylation sites (tertiary alicyclic amines) is 2. The number of aromatic nitrogens is 2. The second-order valence-corrected chi connectivity index (χ2v) is 8.25. The maximum atomic E-state index is 12.8. The van der Waals surface area contributed by atoms with E-state index in [0.29, 0.717) is 11.5 Å². The molecule has 138 valence electrons. The van der Waals surface area contributed by atoms with Gasteiger partial charge in [0.25, 0.3) is 5.91 Å². The average molecular weight is 346 g/mol. The van der Waals surface area contributed by atoms with Gasteiger partial charge in [-0.1, -0.05) is 6.92 Å². The molecule has 3 heterocycles. The van der Waals surface area contributed by atoms with Crippen LogP contribution in [0.1, 0.15) is 36.5 Å². The minimum absolute atomic E-state index is 0.123. The van der Waals surface area contributed by atoms with Crippen molar-refractivity contribution in [2.24, 2.45) is 24.3 Å². The van der Waals surface area contributed by atoms with E-state index in [1.54, 1.807) is 10.9 Å². The zero-order valence-corrected chi connectivity index (χ0v) is 15.5. The van der Waals surface area contributed by atoms with Crippen molar-refractivity contribution < 1.29 is 9.53 Å². The third-order valence-electron chi connectivity index (χ3n) is 6.32. The Balaban J connectivity index is 1.42. The van der Waals surface area contributed by atoms with Crippen LogP contribution in [0.25, 0.3) is 0 Å². The van der Waals surface area contributed by atoms with E-state index in [0.717, 1.165) is 58.3 Å². The number of carbonyl (C=O) groups is 1. The Hall–Kier alpha value is -1.40. The molecular weight excluding hydrogens is 316 g/mol. The van der Waals surface area contributed by atoms with Gasteiger partial charge < -0.3 is 14.5 Å². The topological polar surface area (TPSA) is 50.6 Å². The van der Waals surface area contributed by atoms with Crippen molar-refractivity contribution in [1.82, 2.24) is 19.6 Å². The van der Waals surface area contributed by atoms with Crippen molar-refractivity contribution in [2.45, 2.75) is 26.2 Å². The number of carbonyl (C=O) groups excluding carboxylic acids is 1. The monoisotopic (exact) mass is 346 g/mol. The fourth-order valence-electron chi connectivity index (χ4n) is 4.52. The Bertz CT molecular complexity index is 627. The van der Waals surface area contributed by atoms with Crippen LogP contribution in [0.5, 0.6) is 0 Å². The largest absolute Gasteiger partial charge is 0.381 e. The summed E-state index contributed by atoms with van der Waals surface area (Å²) in [4.78, 5) is 17.4. The van der Waals surface area contributed by atoms with Crippen molar-refractivity contribution in [2.75, 3.05) is 45.9 Å². The zero-order valence-electron chi connectivity index (χ0n) is 15.5. The van der Waals surface area contributed by atoms with Crippen molar-refractivity contribution in [1.29, 1.82) is 0 Å². The highest BCUT2D eigenvalue weighted by Crippen LogP contribution is 2.44. The quantitative estimate of drug-likeness (QED) is 0.786. The highest BCUT2D eigenvalue weighted by Gasteiger charge is 2.51. The maximum Gasteiger partial charge on any atom is 0.257 e. The van der Waals surface area contributed by atoms with Gasteiger partial charge in [-0.3, -0.25) is 9.48 Å². The molecule has 1 spiro atoms. The predicted molar refractivity (Wildman–Crippen MR) is 95.3 cm³/mol. The fraction of sp³-hybridized carbons (Fsp3) is 0.789. The van der Waals surface area contributed by atoms with Crippen molar-refractivity contribution in [3.63, 3.8) is 0 Å². The molecule has 1 aliphatic carbocycles. The van der Waals surface area contributed by atoms with Crippen LogP contribution in [0.3, 0.4) is 0 Å². The van der Waals surface area contributed by atoms with Crippen LogP contribution in [-0.4, -0.2) is 71.4 Å². The molecule has 6 nitrogen and oxygen atoms in total. The van der Waals surface area contributed by atoms with E-state index in [9.17, 15) is 4.79 Å². The Labute approximate surface area is 150 Å². The summed E-state index contributed by atoms with van der Waals surface area (Å²) in [6.07, 6.45) is 7.26. The van der Waals surface area contributed by atoms with E-state index in [-0.39, 0.29) is 11.3 Å². The lowest BCUT2D eigenvalue weighted by Crippen LogP contribution is -2.38. The molecule has 2 atom stereocenters. The first-order valence-corrected chi connectivity index (χ1v) is 9.67. The number of hydrogen-bond acceptors (Lipinski definition) is 4. The summed E-state index contributed by atoms with van der Waals surface area (Å²) in [5.74, 6) is 1.47. The summed E-state index contributed by atoms with van der Waals surface area (Å²) < 4.78 is 7.76. The fourth-order valence-corrected chi connectivity index (χ4v) is 4.52. The second kappa shape index (κ2) is 6.72. The third-order valence-corrected chi connectivity index (χ3v) is 6.32. The number of ether oxygens (including phenoxy) is 1. The molecule has 1 saturated carbocycles. The van der Waals surface area contributed by atoms with Gasteiger partial charge in [0, 0.05) is 57.4 Å². The summed E-state index contributed by atoms with van der Waals surface area (Å²) in [5, 5.41) is 4.14. The summed E-state index contributed by atoms with van der Waals surface area (Å²) in [7, 11) is 1.85. The molecule has 2 aliphatic heterocycles. The molecular formula is C19H30N4O2. The molecule has 1 aromatic rings. The maximum absolute atomic E-state index is 12.8. The molecule has 4 rings (SSSR count). The Morgan fingerprint density at radius 3 is 2.88 bits per heavy atom. The Morgan fingerprint density at radius 2 is 2.20 bits per heavy atom. The van der Waals surface area contributed by atoms with E-state index < -0.39 is 0 Å². The first-order chi connectivity index (χ1) is 12.1. The molecule has 6 heteroatoms. The van der Waals surface area contributed by atoms with Gasteiger partial charge in [-0.05, 0) is 31.7 Å². The lowest BCUT2D eigenvalue weighted by molar-refractivity contribution is 0.0530. The van der Waals surface area contributed by atoms with Gasteiger partial charge in [-0.15, -0.1) is 0 Å². The standard InChI is InChI=1S/C19H30N4O2/c1-3-22-10-17(12-25-11-15-4-5-15)19(13-22)6-7-23(14-19)18(24)16-8-20-21(2)9-16/h8-9,15,17H,3-7,10-14H2,1-2H3/t17-,19+/m1/s1. The number of rotatable bonds is 6. The molecule has 25 heavy (non-hydrogen) atoms. The summed E-state index contributed by atoms with van der Waals surface area (Å²) in [5.41, 5.74) is 0.906. The van der Waals surface area contributed by atoms with E-state index in [1.165, 1.54) is 12.8 Å². The van der Waals surface area contributed by atoms with Gasteiger partial charge in [-0.2, -0.15) is 5.10 Å². The molecule has 0 aromatic carbocycles. The predicted octanol–water partition coefficient (Wildman–Crippen LogP) is 1.63. The van der Waals surface area contributed by atoms with Crippen molar-refractivity contribution >= 4 is 5.91 Å². The molecule has 0 unspecified atom stereocenters. The number of hydrogen-bond donors (Lipinski definition) is 0. The van der Waals surface area contributed by atoms with Crippen LogP contribution in [-0.2, 0) is 11.8 Å². The van der Waals surface area contributed by atoms with Crippen LogP contribution in [0.2, 0.25) is 0 Å². The lowest BCUT2D eigenvalue weighted by atomic mass is 9.77. The van der Waals surface area contributed by atoms with Gasteiger partial charge in [0.2, 0.25) is 0 Å². The smallest absolute Gasteiger partial charge is 0.257 e. The highest BCUT2D eigenvalue weighted by atomic mass is 16.5. The molecule has 3 aliphatic rings. The van der Waals surface area contributed by atoms with Gasteiger partial charge in [0.1, 0.15) is 0 Å². The minimum Gasteiger partial charge on any atom is -0.381 e. The molecule has 0 bridgehead atoms. The van der Waals surface area contributed by atoms with Gasteiger partial charge in [0.15, 0.2) is 0 Å². The van der Waals surface area contributed by atoms with E-state index in [1.807, 2.05) is 18.1 Å². The van der Waals surface area contributed by atoms with E-state index in [2.05, 4.69) is 16.9 Å². The summed E-state index contributed by atoms with van der Waals surface area (Å²) in [6, 6.07) is 0. The lowest BCUT2D eigenvalue weighted by Gasteiger charge is -2.30. The normalized spacial score (nSPS) is 29.8. The van der Waals surface area contributed by atoms with Gasteiger partial charge in [0.05, 0.1) is 18.4 Å². The summed E-state index contributed by atoms with van der Waals surface area (Å²) >= 11 is 0. The van der Waals surface area contributed by atoms with Crippen molar-refractivity contribution in [3.05, 3.63) is 18.0 Å². The molecule has 0 N–H and O–H groups in total. The van der Waals surface area contributed by atoms with Gasteiger partial charge >= 0.3 is 0 Å². The van der Waals surface area contributed by atoms with Gasteiger partial charge in [-0.25, -0.2) is 0 Å². The second-order valence-electron chi connectivity index (χ2n) is 8.25. The van der Waals surface area contributed by atoms with Crippen LogP contribution < -0.4 is 0 Å². The molecule has 3 fully saturated rings. The number of nitrogens with zero attached hydrogens (tertiary/aromatic N) is 4. The molecule has 1 aromatic heterocycles. The first-order valence-electron chi connectivity index (χ1n) is 9.67. The average Bonchev–Trinajstić information content (AvgIpc) is 3.03. The number of aryl methyl sites for hydroxylation is 1. The van der Waals surface area contributed by atoms with Crippen molar-refractivity contribution in [3.8, 4) is 0 Å². The van der Waals surface area contributed by atoms with E-state index in [4.69, 9.17) is 4.74 Å². The van der Waals surface area contributed by atoms with Crippen LogP contribution in [0, 0.1) is 17.3 Å².